The first-order chi connectivity index (χ1) is 8.31. The molecule has 2 aromatic rings. The van der Waals surface area contributed by atoms with Gasteiger partial charge in [-0.3, -0.25) is 13.9 Å². The van der Waals surface area contributed by atoms with Gasteiger partial charge in [-0.15, -0.1) is 6.58 Å². The van der Waals surface area contributed by atoms with Gasteiger partial charge in [-0.1, -0.05) is 6.08 Å². The highest BCUT2D eigenvalue weighted by atomic mass is 16.2. The van der Waals surface area contributed by atoms with E-state index in [2.05, 4.69) is 11.6 Å². The Morgan fingerprint density at radius 1 is 1.28 bits per heavy atom. The third-order valence-corrected chi connectivity index (χ3v) is 3.27. The molecule has 0 fully saturated rings. The molecule has 96 valence electrons. The number of aromatic nitrogens is 4. The summed E-state index contributed by atoms with van der Waals surface area (Å²) in [4.78, 5) is 28.1. The highest BCUT2D eigenvalue weighted by Crippen LogP contribution is 2.20. The van der Waals surface area contributed by atoms with Gasteiger partial charge in [0.25, 0.3) is 5.56 Å². The third-order valence-electron chi connectivity index (χ3n) is 3.27. The molecule has 0 unspecified atom stereocenters. The van der Waals surface area contributed by atoms with Crippen molar-refractivity contribution in [3.63, 3.8) is 0 Å². The zero-order valence-electron chi connectivity index (χ0n) is 11.0. The fraction of sp³-hybridized carbons (Fsp3) is 0.417. The molecule has 0 saturated carbocycles. The average molecular weight is 248 g/mol. The van der Waals surface area contributed by atoms with Crippen LogP contribution in [0.3, 0.4) is 0 Å². The highest BCUT2D eigenvalue weighted by Gasteiger charge is 2.22. The molecule has 0 amide bonds. The van der Waals surface area contributed by atoms with Gasteiger partial charge >= 0.3 is 5.69 Å². The van der Waals surface area contributed by atoms with Crippen LogP contribution in [-0.4, -0.2) is 18.7 Å². The summed E-state index contributed by atoms with van der Waals surface area (Å²) in [5.41, 5.74) is -0.379. The molecule has 2 aromatic heterocycles. The maximum absolute atomic E-state index is 12.2. The Morgan fingerprint density at radius 2 is 1.89 bits per heavy atom. The van der Waals surface area contributed by atoms with Gasteiger partial charge in [-0.05, 0) is 13.8 Å². The number of rotatable bonds is 2. The van der Waals surface area contributed by atoms with Crippen LogP contribution in [-0.2, 0) is 19.6 Å². The van der Waals surface area contributed by atoms with Gasteiger partial charge in [0.2, 0.25) is 0 Å². The number of hydrogen-bond acceptors (Lipinski definition) is 3. The first-order valence-corrected chi connectivity index (χ1v) is 5.58. The Labute approximate surface area is 104 Å². The second kappa shape index (κ2) is 3.69. The molecule has 0 saturated heterocycles. The summed E-state index contributed by atoms with van der Waals surface area (Å²) in [5, 5.41) is 0. The monoisotopic (exact) mass is 248 g/mol. The molecule has 0 N–H and O–H groups in total. The van der Waals surface area contributed by atoms with Gasteiger partial charge in [0.1, 0.15) is 0 Å². The highest BCUT2D eigenvalue weighted by molar-refractivity contribution is 5.70. The van der Waals surface area contributed by atoms with Crippen molar-refractivity contribution in [2.24, 2.45) is 14.1 Å². The molecule has 0 aliphatic carbocycles. The van der Waals surface area contributed by atoms with Gasteiger partial charge in [0.15, 0.2) is 11.2 Å². The molecule has 0 aromatic carbocycles. The Bertz CT molecular complexity index is 746. The van der Waals surface area contributed by atoms with E-state index in [1.165, 1.54) is 11.6 Å². The first kappa shape index (κ1) is 12.3. The van der Waals surface area contributed by atoms with E-state index >= 15 is 0 Å². The average Bonchev–Trinajstić information content (AvgIpc) is 2.79. The Morgan fingerprint density at radius 3 is 2.44 bits per heavy atom. The number of hydrogen-bond donors (Lipinski definition) is 0. The summed E-state index contributed by atoms with van der Waals surface area (Å²) in [7, 11) is 3.06. The summed E-state index contributed by atoms with van der Waals surface area (Å²) in [6.07, 6.45) is 3.30. The van der Waals surface area contributed by atoms with Crippen molar-refractivity contribution in [2.45, 2.75) is 19.4 Å². The molecule has 0 bridgehead atoms. The minimum atomic E-state index is -0.446. The van der Waals surface area contributed by atoms with Crippen LogP contribution in [0, 0.1) is 0 Å². The number of imidazole rings is 1. The van der Waals surface area contributed by atoms with Crippen LogP contribution in [0.5, 0.6) is 0 Å². The normalized spacial score (nSPS) is 12.0. The van der Waals surface area contributed by atoms with Crippen molar-refractivity contribution < 1.29 is 0 Å². The Balaban J connectivity index is 3.04. The van der Waals surface area contributed by atoms with E-state index in [1.807, 2.05) is 13.8 Å². The van der Waals surface area contributed by atoms with Gasteiger partial charge < -0.3 is 4.57 Å². The molecule has 6 nitrogen and oxygen atoms in total. The second-order valence-electron chi connectivity index (χ2n) is 4.85. The van der Waals surface area contributed by atoms with Crippen molar-refractivity contribution in [2.75, 3.05) is 0 Å². The zero-order valence-corrected chi connectivity index (χ0v) is 11.0. The maximum Gasteiger partial charge on any atom is 0.332 e. The minimum absolute atomic E-state index is 0.347. The molecule has 18 heavy (non-hydrogen) atoms. The minimum Gasteiger partial charge on any atom is -0.315 e. The van der Waals surface area contributed by atoms with E-state index in [4.69, 9.17) is 0 Å². The lowest BCUT2D eigenvalue weighted by Crippen LogP contribution is -2.38. The summed E-state index contributed by atoms with van der Waals surface area (Å²) in [6, 6.07) is 0. The van der Waals surface area contributed by atoms with Crippen molar-refractivity contribution >= 4 is 11.2 Å². The number of aryl methyl sites for hydroxylation is 1. The second-order valence-corrected chi connectivity index (χ2v) is 4.85. The summed E-state index contributed by atoms with van der Waals surface area (Å²) < 4.78 is 4.18. The Hall–Kier alpha value is -2.11. The Kier molecular flexibility index (Phi) is 2.53. The van der Waals surface area contributed by atoms with Crippen LogP contribution in [0.25, 0.3) is 11.2 Å². The van der Waals surface area contributed by atoms with Crippen LogP contribution in [0.15, 0.2) is 28.6 Å². The number of fused-ring (bicyclic) bond motifs is 1. The molecule has 0 spiro atoms. The van der Waals surface area contributed by atoms with Crippen molar-refractivity contribution in [1.82, 2.24) is 18.7 Å². The molecule has 2 heterocycles. The third kappa shape index (κ3) is 1.45. The molecule has 2 rings (SSSR count). The molecular weight excluding hydrogens is 232 g/mol. The lowest BCUT2D eigenvalue weighted by molar-refractivity contribution is 0.466. The van der Waals surface area contributed by atoms with Gasteiger partial charge in [0, 0.05) is 14.1 Å². The quantitative estimate of drug-likeness (QED) is 0.721. The SMILES string of the molecule is C=CC(C)(C)n1cnc2c1c(=O)n(C)c(=O)n2C. The van der Waals surface area contributed by atoms with Gasteiger partial charge in [-0.2, -0.15) is 0 Å². The molecule has 0 aliphatic heterocycles. The van der Waals surface area contributed by atoms with E-state index in [0.717, 1.165) is 4.57 Å². The number of nitrogens with zero attached hydrogens (tertiary/aromatic N) is 4. The van der Waals surface area contributed by atoms with Crippen molar-refractivity contribution in [3.8, 4) is 0 Å². The van der Waals surface area contributed by atoms with E-state index in [1.54, 1.807) is 24.0 Å². The van der Waals surface area contributed by atoms with E-state index in [9.17, 15) is 9.59 Å². The lowest BCUT2D eigenvalue weighted by atomic mass is 10.1. The molecule has 0 atom stereocenters. The predicted octanol–water partition coefficient (Wildman–Crippen LogP) is 0.355. The van der Waals surface area contributed by atoms with E-state index < -0.39 is 5.54 Å². The largest absolute Gasteiger partial charge is 0.332 e. The fourth-order valence-corrected chi connectivity index (χ4v) is 1.88. The standard InChI is InChI=1S/C12H16N4O2/c1-6-12(2,3)16-7-13-9-8(16)10(17)15(5)11(18)14(9)4/h6-7H,1H2,2-5H3. The van der Waals surface area contributed by atoms with Crippen LogP contribution >= 0.6 is 0 Å². The first-order valence-electron chi connectivity index (χ1n) is 5.58. The van der Waals surface area contributed by atoms with Crippen molar-refractivity contribution in [1.29, 1.82) is 0 Å². The lowest BCUT2D eigenvalue weighted by Gasteiger charge is -2.22. The summed E-state index contributed by atoms with van der Waals surface area (Å²) in [6.45, 7) is 7.61. The van der Waals surface area contributed by atoms with Crippen molar-refractivity contribution in [3.05, 3.63) is 39.8 Å². The van der Waals surface area contributed by atoms with Crippen LogP contribution in [0.1, 0.15) is 13.8 Å². The van der Waals surface area contributed by atoms with Crippen LogP contribution < -0.4 is 11.2 Å². The van der Waals surface area contributed by atoms with Gasteiger partial charge in [-0.25, -0.2) is 9.78 Å². The molecule has 0 radical (unpaired) electrons. The smallest absolute Gasteiger partial charge is 0.315 e. The van der Waals surface area contributed by atoms with E-state index in [-0.39, 0.29) is 11.2 Å². The molecule has 6 heteroatoms. The van der Waals surface area contributed by atoms with Gasteiger partial charge in [0.05, 0.1) is 11.9 Å². The summed E-state index contributed by atoms with van der Waals surface area (Å²) >= 11 is 0. The van der Waals surface area contributed by atoms with E-state index in [0.29, 0.717) is 11.2 Å². The fourth-order valence-electron chi connectivity index (χ4n) is 1.88. The van der Waals surface area contributed by atoms with Crippen LogP contribution in [0.4, 0.5) is 0 Å². The predicted molar refractivity (Wildman–Crippen MR) is 69.7 cm³/mol. The summed E-state index contributed by atoms with van der Waals surface area (Å²) in [5.74, 6) is 0. The van der Waals surface area contributed by atoms with Crippen LogP contribution in [0.2, 0.25) is 0 Å². The maximum atomic E-state index is 12.2. The topological polar surface area (TPSA) is 61.8 Å². The molecular formula is C12H16N4O2. The number of allylic oxidation sites excluding steroid dienone is 1. The zero-order chi connectivity index (χ0) is 13.7. The molecule has 0 aliphatic rings.